The molecule has 0 atom stereocenters. The summed E-state index contributed by atoms with van der Waals surface area (Å²) in [6.45, 7) is 1.90. The van der Waals surface area contributed by atoms with Crippen LogP contribution in [0.25, 0.3) is 0 Å². The molecule has 0 aliphatic carbocycles. The smallest absolute Gasteiger partial charge is 0.306 e. The average molecular weight is 263 g/mol. The molecule has 1 aliphatic heterocycles. The van der Waals surface area contributed by atoms with Crippen LogP contribution in [0.4, 0.5) is 0 Å². The maximum absolute atomic E-state index is 10.4. The highest BCUT2D eigenvalue weighted by Gasteiger charge is 2.15. The number of benzene rings is 1. The third-order valence-corrected chi connectivity index (χ3v) is 2.82. The minimum Gasteiger partial charge on any atom is -0.493 e. The second-order valence-corrected chi connectivity index (χ2v) is 4.34. The fraction of sp³-hybridized carbons (Fsp3) is 0.385. The van der Waals surface area contributed by atoms with E-state index in [1.54, 1.807) is 12.1 Å². The summed E-state index contributed by atoms with van der Waals surface area (Å²) >= 11 is 0. The summed E-state index contributed by atoms with van der Waals surface area (Å²) in [5.41, 5.74) is 6.74. The van der Waals surface area contributed by atoms with E-state index in [1.807, 2.05) is 12.1 Å². The van der Waals surface area contributed by atoms with Crippen molar-refractivity contribution in [2.24, 2.45) is 10.7 Å². The number of hydrogen-bond acceptors (Lipinski definition) is 4. The molecular weight excluding hydrogens is 246 g/mol. The van der Waals surface area contributed by atoms with Gasteiger partial charge in [-0.2, -0.15) is 0 Å². The van der Waals surface area contributed by atoms with Crippen LogP contribution >= 0.6 is 0 Å². The van der Waals surface area contributed by atoms with Crippen LogP contribution in [-0.4, -0.2) is 42.6 Å². The lowest BCUT2D eigenvalue weighted by Gasteiger charge is -2.23. The van der Waals surface area contributed by atoms with E-state index in [4.69, 9.17) is 15.6 Å². The Labute approximate surface area is 111 Å². The predicted octanol–water partition coefficient (Wildman–Crippen LogP) is 0.217. The van der Waals surface area contributed by atoms with Gasteiger partial charge in [0.05, 0.1) is 19.1 Å². The van der Waals surface area contributed by atoms with Crippen LogP contribution in [0.2, 0.25) is 0 Å². The predicted molar refractivity (Wildman–Crippen MR) is 71.6 cm³/mol. The molecule has 0 aromatic heterocycles. The normalized spacial score (nSPS) is 15.9. The minimum absolute atomic E-state index is 0.0139. The molecule has 1 aromatic rings. The van der Waals surface area contributed by atoms with Gasteiger partial charge < -0.3 is 20.9 Å². The van der Waals surface area contributed by atoms with Gasteiger partial charge in [0, 0.05) is 18.7 Å². The molecule has 2 rings (SSSR count). The SMILES string of the molecule is NC(=NC1CNC1)c1ccc(OCCC(=O)O)cc1. The van der Waals surface area contributed by atoms with E-state index in [0.29, 0.717) is 11.6 Å². The van der Waals surface area contributed by atoms with Crippen LogP contribution in [0.1, 0.15) is 12.0 Å². The topological polar surface area (TPSA) is 96.9 Å². The van der Waals surface area contributed by atoms with Crippen molar-refractivity contribution in [3.8, 4) is 5.75 Å². The van der Waals surface area contributed by atoms with Crippen molar-refractivity contribution >= 4 is 11.8 Å². The average Bonchev–Trinajstić information content (AvgIpc) is 2.34. The monoisotopic (exact) mass is 263 g/mol. The van der Waals surface area contributed by atoms with E-state index >= 15 is 0 Å². The van der Waals surface area contributed by atoms with Crippen molar-refractivity contribution in [3.63, 3.8) is 0 Å². The zero-order valence-corrected chi connectivity index (χ0v) is 10.5. The summed E-state index contributed by atoms with van der Waals surface area (Å²) in [5.74, 6) is 0.272. The quantitative estimate of drug-likeness (QED) is 0.504. The second kappa shape index (κ2) is 6.19. The van der Waals surface area contributed by atoms with Crippen molar-refractivity contribution in [2.75, 3.05) is 19.7 Å². The van der Waals surface area contributed by atoms with Crippen molar-refractivity contribution in [2.45, 2.75) is 12.5 Å². The highest BCUT2D eigenvalue weighted by Crippen LogP contribution is 2.13. The first-order valence-corrected chi connectivity index (χ1v) is 6.14. The van der Waals surface area contributed by atoms with Gasteiger partial charge in [0.1, 0.15) is 11.6 Å². The number of ether oxygens (including phenoxy) is 1. The number of carbonyl (C=O) groups is 1. The van der Waals surface area contributed by atoms with E-state index in [2.05, 4.69) is 10.3 Å². The number of hydrogen-bond donors (Lipinski definition) is 3. The zero-order valence-electron chi connectivity index (χ0n) is 10.5. The Bertz CT molecular complexity index is 467. The Hall–Kier alpha value is -2.08. The minimum atomic E-state index is -0.873. The third kappa shape index (κ3) is 3.96. The molecule has 102 valence electrons. The summed E-state index contributed by atoms with van der Waals surface area (Å²) in [6.07, 6.45) is -0.0139. The summed E-state index contributed by atoms with van der Waals surface area (Å²) in [4.78, 5) is 14.7. The van der Waals surface area contributed by atoms with Crippen LogP contribution in [0.3, 0.4) is 0 Å². The van der Waals surface area contributed by atoms with Crippen molar-refractivity contribution in [1.29, 1.82) is 0 Å². The number of rotatable bonds is 6. The van der Waals surface area contributed by atoms with Crippen molar-refractivity contribution in [3.05, 3.63) is 29.8 Å². The molecule has 1 saturated heterocycles. The Balaban J connectivity index is 1.90. The second-order valence-electron chi connectivity index (χ2n) is 4.34. The fourth-order valence-electron chi connectivity index (χ4n) is 1.61. The number of aliphatic imine (C=N–C) groups is 1. The van der Waals surface area contributed by atoms with E-state index in [1.165, 1.54) is 0 Å². The molecular formula is C13H17N3O3. The van der Waals surface area contributed by atoms with Gasteiger partial charge in [-0.25, -0.2) is 0 Å². The van der Waals surface area contributed by atoms with Gasteiger partial charge in [-0.3, -0.25) is 9.79 Å². The molecule has 0 bridgehead atoms. The molecule has 0 radical (unpaired) electrons. The van der Waals surface area contributed by atoms with Crippen molar-refractivity contribution < 1.29 is 14.6 Å². The third-order valence-electron chi connectivity index (χ3n) is 2.82. The Morgan fingerprint density at radius 1 is 1.42 bits per heavy atom. The number of nitrogens with one attached hydrogen (secondary N) is 1. The van der Waals surface area contributed by atoms with Gasteiger partial charge in [-0.05, 0) is 24.3 Å². The number of carboxylic acids is 1. The largest absolute Gasteiger partial charge is 0.493 e. The summed E-state index contributed by atoms with van der Waals surface area (Å²) in [5, 5.41) is 11.6. The maximum Gasteiger partial charge on any atom is 0.306 e. The van der Waals surface area contributed by atoms with Crippen LogP contribution in [0.5, 0.6) is 5.75 Å². The van der Waals surface area contributed by atoms with Gasteiger partial charge >= 0.3 is 5.97 Å². The Morgan fingerprint density at radius 2 is 2.11 bits per heavy atom. The first kappa shape index (κ1) is 13.4. The number of nitrogens with two attached hydrogens (primary N) is 1. The van der Waals surface area contributed by atoms with Gasteiger partial charge in [0.25, 0.3) is 0 Å². The molecule has 6 heteroatoms. The lowest BCUT2D eigenvalue weighted by Crippen LogP contribution is -2.46. The van der Waals surface area contributed by atoms with Crippen LogP contribution in [0.15, 0.2) is 29.3 Å². The molecule has 1 aliphatic rings. The van der Waals surface area contributed by atoms with Gasteiger partial charge in [-0.1, -0.05) is 0 Å². The van der Waals surface area contributed by atoms with E-state index < -0.39 is 5.97 Å². The molecule has 0 amide bonds. The highest BCUT2D eigenvalue weighted by molar-refractivity contribution is 5.97. The van der Waals surface area contributed by atoms with Crippen LogP contribution in [-0.2, 0) is 4.79 Å². The fourth-order valence-corrected chi connectivity index (χ4v) is 1.61. The standard InChI is InChI=1S/C13H17N3O3/c14-13(16-10-7-15-8-10)9-1-3-11(4-2-9)19-6-5-12(17)18/h1-4,10,15H,5-8H2,(H2,14,16)(H,17,18). The van der Waals surface area contributed by atoms with Crippen LogP contribution in [0, 0.1) is 0 Å². The Kier molecular flexibility index (Phi) is 4.35. The van der Waals surface area contributed by atoms with Crippen molar-refractivity contribution in [1.82, 2.24) is 5.32 Å². The number of amidine groups is 1. The highest BCUT2D eigenvalue weighted by atomic mass is 16.5. The first-order valence-electron chi connectivity index (χ1n) is 6.14. The number of aliphatic carboxylic acids is 1. The molecule has 19 heavy (non-hydrogen) atoms. The summed E-state index contributed by atoms with van der Waals surface area (Å²) in [7, 11) is 0. The molecule has 1 aromatic carbocycles. The summed E-state index contributed by atoms with van der Waals surface area (Å²) in [6, 6.07) is 7.44. The van der Waals surface area contributed by atoms with Crippen LogP contribution < -0.4 is 15.8 Å². The first-order chi connectivity index (χ1) is 9.15. The van der Waals surface area contributed by atoms with Gasteiger partial charge in [-0.15, -0.1) is 0 Å². The van der Waals surface area contributed by atoms with E-state index in [-0.39, 0.29) is 19.1 Å². The molecule has 1 fully saturated rings. The maximum atomic E-state index is 10.4. The van der Waals surface area contributed by atoms with Gasteiger partial charge in [0.2, 0.25) is 0 Å². The zero-order chi connectivity index (χ0) is 13.7. The molecule has 4 N–H and O–H groups in total. The number of nitrogens with zero attached hydrogens (tertiary/aromatic N) is 1. The molecule has 0 spiro atoms. The van der Waals surface area contributed by atoms with E-state index in [0.717, 1.165) is 18.7 Å². The van der Waals surface area contributed by atoms with Gasteiger partial charge in [0.15, 0.2) is 0 Å². The molecule has 0 saturated carbocycles. The number of carboxylic acid groups (broad SMARTS) is 1. The molecule has 0 unspecified atom stereocenters. The lowest BCUT2D eigenvalue weighted by atomic mass is 10.1. The summed E-state index contributed by atoms with van der Waals surface area (Å²) < 4.78 is 5.29. The molecule has 6 nitrogen and oxygen atoms in total. The Morgan fingerprint density at radius 3 is 2.63 bits per heavy atom. The lowest BCUT2D eigenvalue weighted by molar-refractivity contribution is -0.137. The van der Waals surface area contributed by atoms with E-state index in [9.17, 15) is 4.79 Å². The molecule has 1 heterocycles.